The third kappa shape index (κ3) is 2.31. The highest BCUT2D eigenvalue weighted by molar-refractivity contribution is 9.10. The van der Waals surface area contributed by atoms with Gasteiger partial charge in [0.2, 0.25) is 0 Å². The lowest BCUT2D eigenvalue weighted by Crippen LogP contribution is -2.00. The first-order chi connectivity index (χ1) is 9.36. The van der Waals surface area contributed by atoms with Crippen molar-refractivity contribution in [3.05, 3.63) is 33.4 Å². The van der Waals surface area contributed by atoms with Crippen LogP contribution in [0.1, 0.15) is 21.6 Å². The molecule has 106 valence electrons. The number of carboxylic acids is 1. The highest BCUT2D eigenvalue weighted by atomic mass is 79.9. The smallest absolute Gasteiger partial charge is 0.356 e. The predicted octanol–water partition coefficient (Wildman–Crippen LogP) is 3.17. The normalized spacial score (nSPS) is 10.7. The van der Waals surface area contributed by atoms with E-state index >= 15 is 0 Å². The van der Waals surface area contributed by atoms with Crippen LogP contribution in [-0.2, 0) is 7.05 Å². The fraction of sp³-hybridized carbons (Fsp3) is 0.286. The van der Waals surface area contributed by atoms with Crippen molar-refractivity contribution in [3.63, 3.8) is 0 Å². The summed E-state index contributed by atoms with van der Waals surface area (Å²) < 4.78 is 7.87. The molecule has 0 saturated heterocycles. The maximum absolute atomic E-state index is 11.0. The van der Waals surface area contributed by atoms with Crippen molar-refractivity contribution in [3.8, 4) is 17.0 Å². The average Bonchev–Trinajstić information content (AvgIpc) is 2.78. The van der Waals surface area contributed by atoms with Crippen LogP contribution in [-0.4, -0.2) is 28.0 Å². The Morgan fingerprint density at radius 2 is 2.05 bits per heavy atom. The van der Waals surface area contributed by atoms with E-state index in [9.17, 15) is 4.79 Å². The number of carbonyl (C=O) groups is 1. The maximum Gasteiger partial charge on any atom is 0.356 e. The molecule has 2 aromatic rings. The molecule has 1 heterocycles. The molecule has 0 spiro atoms. The molecule has 1 N–H and O–H groups in total. The topological polar surface area (TPSA) is 64.3 Å². The van der Waals surface area contributed by atoms with Gasteiger partial charge in [0.1, 0.15) is 5.75 Å². The number of methoxy groups -OCH3 is 1. The highest BCUT2D eigenvalue weighted by Gasteiger charge is 2.19. The zero-order chi connectivity index (χ0) is 15.0. The monoisotopic (exact) mass is 338 g/mol. The van der Waals surface area contributed by atoms with E-state index in [0.717, 1.165) is 21.2 Å². The van der Waals surface area contributed by atoms with Crippen LogP contribution in [0.3, 0.4) is 0 Å². The Morgan fingerprint density at radius 1 is 1.40 bits per heavy atom. The minimum atomic E-state index is -1.05. The minimum absolute atomic E-state index is 0.0129. The van der Waals surface area contributed by atoms with Crippen LogP contribution in [0.25, 0.3) is 11.3 Å². The first kappa shape index (κ1) is 14.6. The molecule has 0 amide bonds. The average molecular weight is 339 g/mol. The summed E-state index contributed by atoms with van der Waals surface area (Å²) >= 11 is 3.53. The predicted molar refractivity (Wildman–Crippen MR) is 79.3 cm³/mol. The summed E-state index contributed by atoms with van der Waals surface area (Å²) in [6, 6.07) is 3.52. The second-order valence-corrected chi connectivity index (χ2v) is 5.35. The summed E-state index contributed by atoms with van der Waals surface area (Å²) in [6.45, 7) is 4.00. The number of benzene rings is 1. The number of halogens is 1. The number of hydrogen-bond donors (Lipinski definition) is 1. The molecule has 0 unspecified atom stereocenters. The number of carboxylic acid groups (broad SMARTS) is 1. The molecule has 20 heavy (non-hydrogen) atoms. The summed E-state index contributed by atoms with van der Waals surface area (Å²) in [5, 5.41) is 13.0. The molecule has 1 aromatic carbocycles. The Hall–Kier alpha value is -1.82. The molecule has 2 rings (SSSR count). The summed E-state index contributed by atoms with van der Waals surface area (Å²) in [6.07, 6.45) is 0. The summed E-state index contributed by atoms with van der Waals surface area (Å²) in [5.74, 6) is -0.373. The molecule has 0 radical (unpaired) electrons. The van der Waals surface area contributed by atoms with E-state index in [1.165, 1.54) is 0 Å². The highest BCUT2D eigenvalue weighted by Crippen LogP contribution is 2.40. The lowest BCUT2D eigenvalue weighted by molar-refractivity contribution is 0.0689. The number of aryl methyl sites for hydroxylation is 2. The fourth-order valence-corrected chi connectivity index (χ4v) is 2.75. The lowest BCUT2D eigenvalue weighted by atomic mass is 10.0. The second kappa shape index (κ2) is 5.28. The van der Waals surface area contributed by atoms with Gasteiger partial charge in [-0.15, -0.1) is 0 Å². The first-order valence-electron chi connectivity index (χ1n) is 5.98. The van der Waals surface area contributed by atoms with Gasteiger partial charge >= 0.3 is 5.97 Å². The zero-order valence-electron chi connectivity index (χ0n) is 11.7. The number of nitrogens with zero attached hydrogens (tertiary/aromatic N) is 2. The zero-order valence-corrected chi connectivity index (χ0v) is 13.3. The van der Waals surface area contributed by atoms with Crippen molar-refractivity contribution < 1.29 is 14.6 Å². The Bertz CT molecular complexity index is 692. The molecule has 0 aliphatic rings. The van der Waals surface area contributed by atoms with E-state index in [-0.39, 0.29) is 5.69 Å². The summed E-state index contributed by atoms with van der Waals surface area (Å²) in [7, 11) is 3.30. The molecular weight excluding hydrogens is 324 g/mol. The molecule has 0 bridgehead atoms. The fourth-order valence-electron chi connectivity index (χ4n) is 2.07. The first-order valence-corrected chi connectivity index (χ1v) is 6.77. The van der Waals surface area contributed by atoms with Crippen LogP contribution in [0.4, 0.5) is 0 Å². The number of aromatic nitrogens is 2. The van der Waals surface area contributed by atoms with Gasteiger partial charge in [-0.2, -0.15) is 5.10 Å². The quantitative estimate of drug-likeness (QED) is 0.933. The van der Waals surface area contributed by atoms with Gasteiger partial charge in [0.25, 0.3) is 0 Å². The van der Waals surface area contributed by atoms with Crippen molar-refractivity contribution in [2.24, 2.45) is 7.05 Å². The third-order valence-electron chi connectivity index (χ3n) is 3.30. The summed E-state index contributed by atoms with van der Waals surface area (Å²) in [5.41, 5.74) is 3.70. The van der Waals surface area contributed by atoms with Crippen molar-refractivity contribution >= 4 is 21.9 Å². The molecule has 0 aliphatic carbocycles. The van der Waals surface area contributed by atoms with Crippen molar-refractivity contribution in [1.82, 2.24) is 9.78 Å². The van der Waals surface area contributed by atoms with Crippen LogP contribution in [0, 0.1) is 13.8 Å². The van der Waals surface area contributed by atoms with Crippen LogP contribution in [0.15, 0.2) is 16.6 Å². The number of hydrogen-bond acceptors (Lipinski definition) is 3. The Labute approximate surface area is 125 Å². The molecule has 5 nitrogen and oxygen atoms in total. The largest absolute Gasteiger partial charge is 0.495 e. The van der Waals surface area contributed by atoms with E-state index in [0.29, 0.717) is 11.4 Å². The Kier molecular flexibility index (Phi) is 3.85. The van der Waals surface area contributed by atoms with Gasteiger partial charge in [-0.3, -0.25) is 4.68 Å². The number of rotatable bonds is 3. The van der Waals surface area contributed by atoms with Crippen LogP contribution >= 0.6 is 15.9 Å². The molecular formula is C14H15BrN2O3. The van der Waals surface area contributed by atoms with Gasteiger partial charge in [0.05, 0.1) is 17.3 Å². The van der Waals surface area contributed by atoms with E-state index in [2.05, 4.69) is 21.0 Å². The molecule has 1 aromatic heterocycles. The van der Waals surface area contributed by atoms with Crippen LogP contribution < -0.4 is 4.74 Å². The Balaban J connectivity index is 2.72. The van der Waals surface area contributed by atoms with E-state index in [4.69, 9.17) is 9.84 Å². The van der Waals surface area contributed by atoms with Gasteiger partial charge in [0.15, 0.2) is 5.69 Å². The third-order valence-corrected chi connectivity index (χ3v) is 4.26. The SMILES string of the molecule is COc1c(-c2cc(C(=O)O)nn2C)cc(C)c(C)c1Br. The van der Waals surface area contributed by atoms with Crippen LogP contribution in [0.5, 0.6) is 5.75 Å². The second-order valence-electron chi connectivity index (χ2n) is 4.56. The number of aromatic carboxylic acids is 1. The molecule has 0 saturated carbocycles. The molecule has 6 heteroatoms. The molecule has 0 aliphatic heterocycles. The minimum Gasteiger partial charge on any atom is -0.495 e. The standard InChI is InChI=1S/C14H15BrN2O3/c1-7-5-9(13(20-4)12(15)8(7)2)11-6-10(14(18)19)16-17(11)3/h5-6H,1-4H3,(H,18,19). The Morgan fingerprint density at radius 3 is 2.55 bits per heavy atom. The maximum atomic E-state index is 11.0. The van der Waals surface area contributed by atoms with Crippen LogP contribution in [0.2, 0.25) is 0 Å². The van der Waals surface area contributed by atoms with Gasteiger partial charge < -0.3 is 9.84 Å². The number of ether oxygens (including phenoxy) is 1. The van der Waals surface area contributed by atoms with E-state index < -0.39 is 5.97 Å². The molecule has 0 atom stereocenters. The van der Waals surface area contributed by atoms with Gasteiger partial charge in [-0.1, -0.05) is 0 Å². The molecule has 0 fully saturated rings. The van der Waals surface area contributed by atoms with Gasteiger partial charge in [0, 0.05) is 12.6 Å². The van der Waals surface area contributed by atoms with Crippen molar-refractivity contribution in [1.29, 1.82) is 0 Å². The van der Waals surface area contributed by atoms with Gasteiger partial charge in [-0.05, 0) is 53.0 Å². The lowest BCUT2D eigenvalue weighted by Gasteiger charge is -2.14. The van der Waals surface area contributed by atoms with E-state index in [1.54, 1.807) is 24.9 Å². The summed E-state index contributed by atoms with van der Waals surface area (Å²) in [4.78, 5) is 11.0. The van der Waals surface area contributed by atoms with Crippen molar-refractivity contribution in [2.45, 2.75) is 13.8 Å². The van der Waals surface area contributed by atoms with Crippen molar-refractivity contribution in [2.75, 3.05) is 7.11 Å². The van der Waals surface area contributed by atoms with E-state index in [1.807, 2.05) is 19.9 Å². The van der Waals surface area contributed by atoms with Gasteiger partial charge in [-0.25, -0.2) is 4.79 Å².